The maximum Gasteiger partial charge on any atom is 0.243 e. The molecular formula is C19H21F4IN6O. The van der Waals surface area contributed by atoms with Gasteiger partial charge in [0.05, 0.1) is 12.2 Å². The smallest absolute Gasteiger partial charge is 0.243 e. The van der Waals surface area contributed by atoms with Gasteiger partial charge in [-0.2, -0.15) is 0 Å². The van der Waals surface area contributed by atoms with Gasteiger partial charge in [0.1, 0.15) is 0 Å². The quantitative estimate of drug-likeness (QED) is 0.175. The third kappa shape index (κ3) is 6.18. The lowest BCUT2D eigenvalue weighted by Gasteiger charge is -2.19. The van der Waals surface area contributed by atoms with Crippen molar-refractivity contribution in [3.05, 3.63) is 53.7 Å². The molecule has 168 valence electrons. The normalized spacial score (nSPS) is 16.0. The second-order valence-corrected chi connectivity index (χ2v) is 6.58. The molecule has 1 atom stereocenters. The molecule has 1 unspecified atom stereocenters. The number of halogens is 5. The number of nitrogens with one attached hydrogen (secondary N) is 3. The Morgan fingerprint density at radius 3 is 2.68 bits per heavy atom. The highest BCUT2D eigenvalue weighted by atomic mass is 127. The summed E-state index contributed by atoms with van der Waals surface area (Å²) in [6.07, 6.45) is 2.22. The highest BCUT2D eigenvalue weighted by Gasteiger charge is 2.26. The summed E-state index contributed by atoms with van der Waals surface area (Å²) in [5.74, 6) is -4.97. The minimum atomic E-state index is -1.66. The Kier molecular flexibility index (Phi) is 8.83. The van der Waals surface area contributed by atoms with Crippen LogP contribution in [0.4, 0.5) is 29.1 Å². The zero-order valence-electron chi connectivity index (χ0n) is 16.5. The molecule has 0 saturated carbocycles. The van der Waals surface area contributed by atoms with Crippen molar-refractivity contribution < 1.29 is 22.4 Å². The maximum absolute atomic E-state index is 13.9. The molecule has 2 aromatic rings. The van der Waals surface area contributed by atoms with E-state index >= 15 is 0 Å². The zero-order chi connectivity index (χ0) is 21.7. The molecule has 3 N–H and O–H groups in total. The van der Waals surface area contributed by atoms with Gasteiger partial charge >= 0.3 is 0 Å². The molecule has 31 heavy (non-hydrogen) atoms. The average molecular weight is 552 g/mol. The van der Waals surface area contributed by atoms with Gasteiger partial charge in [-0.25, -0.2) is 22.5 Å². The second kappa shape index (κ2) is 11.1. The summed E-state index contributed by atoms with van der Waals surface area (Å²) in [5, 5.41) is 8.03. The van der Waals surface area contributed by atoms with E-state index in [0.29, 0.717) is 25.5 Å². The predicted molar refractivity (Wildman–Crippen MR) is 120 cm³/mol. The zero-order valence-corrected chi connectivity index (χ0v) is 18.8. The summed E-state index contributed by atoms with van der Waals surface area (Å²) in [6, 6.07) is 4.45. The second-order valence-electron chi connectivity index (χ2n) is 6.58. The number of rotatable bonds is 5. The molecule has 0 bridgehead atoms. The molecule has 0 aliphatic carbocycles. The van der Waals surface area contributed by atoms with Crippen LogP contribution in [0.3, 0.4) is 0 Å². The Hall–Kier alpha value is -2.64. The van der Waals surface area contributed by atoms with Gasteiger partial charge in [-0.15, -0.1) is 24.0 Å². The van der Waals surface area contributed by atoms with Crippen LogP contribution < -0.4 is 20.9 Å². The van der Waals surface area contributed by atoms with Gasteiger partial charge in [-0.05, 0) is 30.7 Å². The van der Waals surface area contributed by atoms with Crippen molar-refractivity contribution in [2.75, 3.05) is 36.9 Å². The Labute approximate surface area is 193 Å². The minimum Gasteiger partial charge on any atom is -0.352 e. The van der Waals surface area contributed by atoms with Crippen LogP contribution in [0.15, 0.2) is 35.5 Å². The molecular weight excluding hydrogens is 531 g/mol. The van der Waals surface area contributed by atoms with Gasteiger partial charge < -0.3 is 20.9 Å². The number of anilines is 2. The molecule has 1 saturated heterocycles. The lowest BCUT2D eigenvalue weighted by molar-refractivity contribution is -0.115. The van der Waals surface area contributed by atoms with Crippen molar-refractivity contribution >= 4 is 47.3 Å². The van der Waals surface area contributed by atoms with Crippen LogP contribution in [0.25, 0.3) is 0 Å². The number of aromatic nitrogens is 1. The van der Waals surface area contributed by atoms with Crippen LogP contribution in [0.2, 0.25) is 0 Å². The van der Waals surface area contributed by atoms with Gasteiger partial charge in [-0.1, -0.05) is 0 Å². The van der Waals surface area contributed by atoms with Crippen LogP contribution in [-0.2, 0) is 4.79 Å². The minimum absolute atomic E-state index is 0. The monoisotopic (exact) mass is 552 g/mol. The first-order chi connectivity index (χ1) is 14.4. The van der Waals surface area contributed by atoms with E-state index in [1.807, 2.05) is 0 Å². The standard InChI is InChI=1S/C19H20F4N6O.HI/c1-24-19(26-9-15(30)28-14-5-4-12(20)16(22)17(14)23)27-11-6-8-29(10-11)18-13(21)3-2-7-25-18;/h2-5,7,11H,6,8-10H2,1H3,(H,28,30)(H2,24,26,27);1H. The van der Waals surface area contributed by atoms with Crippen LogP contribution in [-0.4, -0.2) is 49.6 Å². The van der Waals surface area contributed by atoms with Gasteiger partial charge in [0, 0.05) is 32.4 Å². The largest absolute Gasteiger partial charge is 0.352 e. The maximum atomic E-state index is 13.9. The Bertz CT molecular complexity index is 961. The highest BCUT2D eigenvalue weighted by molar-refractivity contribution is 14.0. The molecule has 1 amide bonds. The summed E-state index contributed by atoms with van der Waals surface area (Å²) < 4.78 is 53.7. The van der Waals surface area contributed by atoms with Crippen molar-refractivity contribution in [1.82, 2.24) is 15.6 Å². The number of guanidine groups is 1. The highest BCUT2D eigenvalue weighted by Crippen LogP contribution is 2.21. The number of nitrogens with zero attached hydrogens (tertiary/aromatic N) is 3. The van der Waals surface area contributed by atoms with Gasteiger partial charge in [0.15, 0.2) is 35.0 Å². The Morgan fingerprint density at radius 1 is 1.19 bits per heavy atom. The first-order valence-corrected chi connectivity index (χ1v) is 9.15. The fourth-order valence-electron chi connectivity index (χ4n) is 3.05. The number of aliphatic imine (C=N–C) groups is 1. The van der Waals surface area contributed by atoms with Crippen molar-refractivity contribution in [1.29, 1.82) is 0 Å². The van der Waals surface area contributed by atoms with E-state index in [2.05, 4.69) is 25.9 Å². The third-order valence-corrected chi connectivity index (χ3v) is 4.52. The number of benzene rings is 1. The number of amides is 1. The molecule has 1 aromatic carbocycles. The molecule has 1 fully saturated rings. The van der Waals surface area contributed by atoms with Crippen molar-refractivity contribution in [3.63, 3.8) is 0 Å². The summed E-state index contributed by atoms with van der Waals surface area (Å²) in [6.45, 7) is 0.794. The van der Waals surface area contributed by atoms with Crippen molar-refractivity contribution in [3.8, 4) is 0 Å². The van der Waals surface area contributed by atoms with Gasteiger partial charge in [0.25, 0.3) is 0 Å². The topological polar surface area (TPSA) is 81.6 Å². The number of carbonyl (C=O) groups is 1. The van der Waals surface area contributed by atoms with E-state index in [9.17, 15) is 22.4 Å². The van der Waals surface area contributed by atoms with Crippen LogP contribution >= 0.6 is 24.0 Å². The van der Waals surface area contributed by atoms with E-state index in [1.54, 1.807) is 4.90 Å². The fraction of sp³-hybridized carbons (Fsp3) is 0.316. The number of hydrogen-bond donors (Lipinski definition) is 3. The number of hydrogen-bond acceptors (Lipinski definition) is 4. The summed E-state index contributed by atoms with van der Waals surface area (Å²) in [7, 11) is 1.51. The molecule has 1 aliphatic heterocycles. The van der Waals surface area contributed by atoms with E-state index in [1.165, 1.54) is 25.4 Å². The van der Waals surface area contributed by atoms with Crippen molar-refractivity contribution in [2.45, 2.75) is 12.5 Å². The molecule has 2 heterocycles. The first kappa shape index (κ1) is 24.6. The van der Waals surface area contributed by atoms with Crippen LogP contribution in [0.5, 0.6) is 0 Å². The van der Waals surface area contributed by atoms with E-state index in [0.717, 1.165) is 12.1 Å². The predicted octanol–water partition coefficient (Wildman–Crippen LogP) is 2.64. The van der Waals surface area contributed by atoms with Gasteiger partial charge in [-0.3, -0.25) is 9.79 Å². The molecule has 1 aromatic heterocycles. The third-order valence-electron chi connectivity index (χ3n) is 4.52. The van der Waals surface area contributed by atoms with Crippen LogP contribution in [0.1, 0.15) is 6.42 Å². The average Bonchev–Trinajstić information content (AvgIpc) is 3.20. The molecule has 0 radical (unpaired) electrons. The fourth-order valence-corrected chi connectivity index (χ4v) is 3.05. The Balaban J connectivity index is 0.00000341. The van der Waals surface area contributed by atoms with E-state index in [4.69, 9.17) is 0 Å². The summed E-state index contributed by atoms with van der Waals surface area (Å²) in [5.41, 5.74) is -0.465. The molecule has 7 nitrogen and oxygen atoms in total. The number of carbonyl (C=O) groups excluding carboxylic acids is 1. The van der Waals surface area contributed by atoms with Crippen LogP contribution in [0, 0.1) is 23.3 Å². The molecule has 12 heteroatoms. The lowest BCUT2D eigenvalue weighted by Crippen LogP contribution is -2.46. The SMILES string of the molecule is CN=C(NCC(=O)Nc1ccc(F)c(F)c1F)NC1CCN(c2ncccc2F)C1.I. The summed E-state index contributed by atoms with van der Waals surface area (Å²) >= 11 is 0. The van der Waals surface area contributed by atoms with E-state index < -0.39 is 34.9 Å². The molecule has 1 aliphatic rings. The van der Waals surface area contributed by atoms with Gasteiger partial charge in [0.2, 0.25) is 5.91 Å². The Morgan fingerprint density at radius 2 is 1.97 bits per heavy atom. The number of pyridine rings is 1. The lowest BCUT2D eigenvalue weighted by atomic mass is 10.2. The molecule has 0 spiro atoms. The molecule has 3 rings (SSSR count). The first-order valence-electron chi connectivity index (χ1n) is 9.15. The van der Waals surface area contributed by atoms with E-state index in [-0.39, 0.29) is 42.4 Å². The van der Waals surface area contributed by atoms with Crippen molar-refractivity contribution in [2.24, 2.45) is 4.99 Å². The summed E-state index contributed by atoms with van der Waals surface area (Å²) in [4.78, 5) is 21.9.